The molecule has 2 amide bonds. The summed E-state index contributed by atoms with van der Waals surface area (Å²) in [5, 5.41) is 16.3. The molecule has 254 valence electrons. The Bertz CT molecular complexity index is 1710. The van der Waals surface area contributed by atoms with Gasteiger partial charge in [-0.15, -0.1) is 0 Å². The van der Waals surface area contributed by atoms with Crippen LogP contribution in [0.2, 0.25) is 10.0 Å². The topological polar surface area (TPSA) is 123 Å². The number of carboxylic acid groups (broad SMARTS) is 1. The Balaban J connectivity index is 1.58. The van der Waals surface area contributed by atoms with Gasteiger partial charge in [-0.25, -0.2) is 9.78 Å². The minimum absolute atomic E-state index is 0.0911. The fraction of sp³-hybridized carbons (Fsp3) is 0.351. The molecule has 0 aliphatic rings. The summed E-state index contributed by atoms with van der Waals surface area (Å²) in [4.78, 5) is 41.8. The maximum absolute atomic E-state index is 13.3. The molecule has 1 aromatic heterocycles. The lowest BCUT2D eigenvalue weighted by molar-refractivity contribution is -0.123. The molecule has 0 aliphatic heterocycles. The van der Waals surface area contributed by atoms with Crippen LogP contribution in [0.5, 0.6) is 11.5 Å². The molecule has 11 heteroatoms. The summed E-state index contributed by atoms with van der Waals surface area (Å²) in [6.45, 7) is 8.59. The van der Waals surface area contributed by atoms with Crippen molar-refractivity contribution < 1.29 is 24.2 Å². The number of aromatic carboxylic acids is 1. The van der Waals surface area contributed by atoms with Crippen molar-refractivity contribution >= 4 is 41.0 Å². The largest absolute Gasteiger partial charge is 0.478 e. The number of carbonyl (C=O) groups excluding carboxylic acids is 2. The van der Waals surface area contributed by atoms with E-state index >= 15 is 0 Å². The molecule has 0 unspecified atom stereocenters. The summed E-state index contributed by atoms with van der Waals surface area (Å²) in [6.07, 6.45) is 5.15. The normalized spacial score (nSPS) is 12.0. The van der Waals surface area contributed by atoms with E-state index in [0.717, 1.165) is 24.0 Å². The van der Waals surface area contributed by atoms with Crippen molar-refractivity contribution in [3.05, 3.63) is 99.9 Å². The van der Waals surface area contributed by atoms with Crippen LogP contribution in [0.15, 0.2) is 72.9 Å². The van der Waals surface area contributed by atoms with Crippen LogP contribution in [0.25, 0.3) is 11.3 Å². The Kier molecular flexibility index (Phi) is 12.7. The van der Waals surface area contributed by atoms with Crippen LogP contribution < -0.4 is 15.4 Å². The predicted molar refractivity (Wildman–Crippen MR) is 189 cm³/mol. The SMILES string of the molecule is CCCCn1cc(-c2ccc(Cl)cc2Cl)nc1[C@H](Cc1ccc(Oc2ccc(C(=O)O)cc2)cc1)NC(=O)CCCC(=O)NC(C)(C)C. The second-order valence-corrected chi connectivity index (χ2v) is 13.6. The van der Waals surface area contributed by atoms with Crippen LogP contribution in [-0.2, 0) is 22.6 Å². The highest BCUT2D eigenvalue weighted by molar-refractivity contribution is 6.36. The standard InChI is InChI=1S/C37H42Cl2N4O5/c1-5-6-20-43-23-32(29-19-14-26(38)22-30(29)39)41-35(43)31(40-33(44)8-7-9-34(45)42-37(2,3)4)21-24-10-15-27(16-11-24)48-28-17-12-25(13-18-28)36(46)47/h10-19,22-23,31H,5-9,20-21H2,1-4H3,(H,40,44)(H,42,45)(H,46,47)/t31-/m0/s1. The quantitative estimate of drug-likeness (QED) is 0.115. The lowest BCUT2D eigenvalue weighted by atomic mass is 10.0. The molecule has 0 spiro atoms. The highest BCUT2D eigenvalue weighted by Gasteiger charge is 2.23. The van der Waals surface area contributed by atoms with Gasteiger partial charge < -0.3 is 25.0 Å². The summed E-state index contributed by atoms with van der Waals surface area (Å²) in [5.41, 5.74) is 2.20. The van der Waals surface area contributed by atoms with E-state index in [1.54, 1.807) is 24.3 Å². The fourth-order valence-corrected chi connectivity index (χ4v) is 5.64. The second kappa shape index (κ2) is 16.7. The molecule has 0 bridgehead atoms. The number of amides is 2. The van der Waals surface area contributed by atoms with Crippen LogP contribution in [0.1, 0.15) is 87.6 Å². The number of hydrogen-bond acceptors (Lipinski definition) is 5. The highest BCUT2D eigenvalue weighted by Crippen LogP contribution is 2.32. The molecule has 0 fully saturated rings. The molecule has 9 nitrogen and oxygen atoms in total. The number of ether oxygens (including phenoxy) is 1. The van der Waals surface area contributed by atoms with Crippen molar-refractivity contribution in [3.63, 3.8) is 0 Å². The first-order chi connectivity index (χ1) is 22.8. The van der Waals surface area contributed by atoms with E-state index in [0.29, 0.717) is 52.4 Å². The van der Waals surface area contributed by atoms with Crippen LogP contribution in [-0.4, -0.2) is 38.0 Å². The third-order valence-corrected chi connectivity index (χ3v) is 7.98. The smallest absolute Gasteiger partial charge is 0.335 e. The van der Waals surface area contributed by atoms with Gasteiger partial charge in [-0.1, -0.05) is 48.7 Å². The van der Waals surface area contributed by atoms with Crippen molar-refractivity contribution in [2.45, 2.75) is 84.3 Å². The van der Waals surface area contributed by atoms with Gasteiger partial charge in [0.25, 0.3) is 0 Å². The molecule has 0 radical (unpaired) electrons. The van der Waals surface area contributed by atoms with Crippen molar-refractivity contribution in [3.8, 4) is 22.8 Å². The number of nitrogens with one attached hydrogen (secondary N) is 2. The van der Waals surface area contributed by atoms with Crippen molar-refractivity contribution in [1.82, 2.24) is 20.2 Å². The number of carboxylic acids is 1. The molecule has 0 aliphatic carbocycles. The first kappa shape index (κ1) is 36.5. The lowest BCUT2D eigenvalue weighted by Crippen LogP contribution is -2.40. The van der Waals surface area contributed by atoms with E-state index in [4.69, 9.17) is 38.0 Å². The monoisotopic (exact) mass is 692 g/mol. The fourth-order valence-electron chi connectivity index (χ4n) is 5.14. The average molecular weight is 694 g/mol. The molecule has 4 rings (SSSR count). The van der Waals surface area contributed by atoms with Gasteiger partial charge in [0, 0.05) is 41.7 Å². The molecule has 48 heavy (non-hydrogen) atoms. The molecule has 1 atom stereocenters. The third kappa shape index (κ3) is 10.9. The van der Waals surface area contributed by atoms with Gasteiger partial charge in [-0.3, -0.25) is 9.59 Å². The highest BCUT2D eigenvalue weighted by atomic mass is 35.5. The van der Waals surface area contributed by atoms with E-state index < -0.39 is 12.0 Å². The van der Waals surface area contributed by atoms with Crippen molar-refractivity contribution in [1.29, 1.82) is 0 Å². The van der Waals surface area contributed by atoms with E-state index in [1.165, 1.54) is 12.1 Å². The summed E-state index contributed by atoms with van der Waals surface area (Å²) >= 11 is 12.7. The maximum Gasteiger partial charge on any atom is 0.335 e. The number of aromatic nitrogens is 2. The Morgan fingerprint density at radius 1 is 0.917 bits per heavy atom. The Hall–Kier alpha value is -4.34. The predicted octanol–water partition coefficient (Wildman–Crippen LogP) is 8.63. The van der Waals surface area contributed by atoms with Crippen LogP contribution in [0, 0.1) is 0 Å². The van der Waals surface area contributed by atoms with Crippen LogP contribution >= 0.6 is 23.2 Å². The number of benzene rings is 3. The van der Waals surface area contributed by atoms with Gasteiger partial charge in [-0.05, 0) is 100 Å². The van der Waals surface area contributed by atoms with Gasteiger partial charge >= 0.3 is 5.97 Å². The molecular weight excluding hydrogens is 651 g/mol. The molecule has 4 aromatic rings. The zero-order chi connectivity index (χ0) is 34.8. The Morgan fingerprint density at radius 2 is 1.56 bits per heavy atom. The van der Waals surface area contributed by atoms with Crippen LogP contribution in [0.3, 0.4) is 0 Å². The number of halogens is 2. The van der Waals surface area contributed by atoms with E-state index in [1.807, 2.05) is 57.3 Å². The Morgan fingerprint density at radius 3 is 2.17 bits per heavy atom. The first-order valence-electron chi connectivity index (χ1n) is 16.0. The number of rotatable bonds is 15. The number of nitrogens with zero attached hydrogens (tertiary/aromatic N) is 2. The molecule has 1 heterocycles. The van der Waals surface area contributed by atoms with Gasteiger partial charge in [0.15, 0.2) is 0 Å². The van der Waals surface area contributed by atoms with E-state index in [-0.39, 0.29) is 35.8 Å². The summed E-state index contributed by atoms with van der Waals surface area (Å²) < 4.78 is 7.99. The van der Waals surface area contributed by atoms with Crippen molar-refractivity contribution in [2.75, 3.05) is 0 Å². The maximum atomic E-state index is 13.3. The van der Waals surface area contributed by atoms with Gasteiger partial charge in [-0.2, -0.15) is 0 Å². The zero-order valence-corrected chi connectivity index (χ0v) is 29.2. The first-order valence-corrected chi connectivity index (χ1v) is 16.8. The number of hydrogen-bond donors (Lipinski definition) is 3. The summed E-state index contributed by atoms with van der Waals surface area (Å²) in [7, 11) is 0. The molecule has 3 N–H and O–H groups in total. The summed E-state index contributed by atoms with van der Waals surface area (Å²) in [6, 6.07) is 18.5. The minimum Gasteiger partial charge on any atom is -0.478 e. The minimum atomic E-state index is -1.00. The number of aryl methyl sites for hydroxylation is 1. The third-order valence-electron chi connectivity index (χ3n) is 7.44. The Labute approximate surface area is 291 Å². The van der Waals surface area contributed by atoms with Crippen molar-refractivity contribution in [2.24, 2.45) is 0 Å². The van der Waals surface area contributed by atoms with E-state index in [2.05, 4.69) is 22.1 Å². The van der Waals surface area contributed by atoms with Gasteiger partial charge in [0.1, 0.15) is 17.3 Å². The number of carbonyl (C=O) groups is 3. The van der Waals surface area contributed by atoms with Gasteiger partial charge in [0.05, 0.1) is 22.3 Å². The summed E-state index contributed by atoms with van der Waals surface area (Å²) in [5.74, 6) is 0.524. The zero-order valence-electron chi connectivity index (χ0n) is 27.7. The number of unbranched alkanes of at least 4 members (excludes halogenated alkanes) is 1. The molecule has 0 saturated heterocycles. The molecule has 3 aromatic carbocycles. The van der Waals surface area contributed by atoms with Gasteiger partial charge in [0.2, 0.25) is 11.8 Å². The lowest BCUT2D eigenvalue weighted by Gasteiger charge is -2.21. The number of imidazole rings is 1. The van der Waals surface area contributed by atoms with E-state index in [9.17, 15) is 14.4 Å². The molecule has 0 saturated carbocycles. The average Bonchev–Trinajstić information content (AvgIpc) is 3.43. The molecular formula is C37H42Cl2N4O5. The second-order valence-electron chi connectivity index (χ2n) is 12.7. The van der Waals surface area contributed by atoms with Crippen LogP contribution in [0.4, 0.5) is 0 Å².